The van der Waals surface area contributed by atoms with E-state index in [-0.39, 0.29) is 22.8 Å². The number of imidazole rings is 1. The second kappa shape index (κ2) is 5.98. The molecule has 0 aliphatic carbocycles. The molecule has 3 aromatic rings. The number of hydrogen-bond donors (Lipinski definition) is 2. The minimum Gasteiger partial charge on any atom is -0.496 e. The highest BCUT2D eigenvalue weighted by Gasteiger charge is 2.66. The number of halogens is 3. The van der Waals surface area contributed by atoms with E-state index in [0.29, 0.717) is 5.52 Å². The number of ether oxygens (including phenoxy) is 1. The molecule has 1 aromatic heterocycles. The molecule has 0 radical (unpaired) electrons. The minimum atomic E-state index is -5.14. The fourth-order valence-corrected chi connectivity index (χ4v) is 3.12. The van der Waals surface area contributed by atoms with Crippen LogP contribution in [0.4, 0.5) is 19.1 Å². The van der Waals surface area contributed by atoms with Crippen molar-refractivity contribution in [3.63, 3.8) is 0 Å². The van der Waals surface area contributed by atoms with Gasteiger partial charge in [0.1, 0.15) is 5.75 Å². The Morgan fingerprint density at radius 1 is 1.18 bits per heavy atom. The fraction of sp³-hybridized carbons (Fsp3) is 0.167. The van der Waals surface area contributed by atoms with Crippen molar-refractivity contribution >= 4 is 28.8 Å². The first kappa shape index (κ1) is 17.8. The number of methoxy groups -OCH3 is 1. The SMILES string of the molecule is COc1ccccc1C(=O)N[C@]1(C(F)(F)F)Nc2nc3ccccc3n2C1=O. The lowest BCUT2D eigenvalue weighted by Crippen LogP contribution is -2.67. The van der Waals surface area contributed by atoms with Crippen LogP contribution in [0.3, 0.4) is 0 Å². The molecule has 1 atom stereocenters. The lowest BCUT2D eigenvalue weighted by atomic mass is 10.1. The van der Waals surface area contributed by atoms with E-state index in [9.17, 15) is 22.8 Å². The van der Waals surface area contributed by atoms with Gasteiger partial charge in [0.25, 0.3) is 17.5 Å². The molecule has 0 bridgehead atoms. The maximum absolute atomic E-state index is 14.0. The molecule has 0 spiro atoms. The number of anilines is 1. The van der Waals surface area contributed by atoms with Gasteiger partial charge < -0.3 is 15.4 Å². The van der Waals surface area contributed by atoms with Crippen molar-refractivity contribution < 1.29 is 27.5 Å². The normalized spacial score (nSPS) is 18.6. The molecule has 28 heavy (non-hydrogen) atoms. The molecular weight excluding hydrogens is 377 g/mol. The molecule has 144 valence electrons. The number of carbonyl (C=O) groups is 2. The Morgan fingerprint density at radius 3 is 2.57 bits per heavy atom. The van der Waals surface area contributed by atoms with E-state index >= 15 is 0 Å². The summed E-state index contributed by atoms with van der Waals surface area (Å²) in [5.74, 6) is -2.74. The molecular formula is C18H13F3N4O3. The summed E-state index contributed by atoms with van der Waals surface area (Å²) < 4.78 is 47.8. The number of carbonyl (C=O) groups excluding carboxylic acids is 2. The Morgan fingerprint density at radius 2 is 1.86 bits per heavy atom. The molecule has 2 heterocycles. The van der Waals surface area contributed by atoms with Gasteiger partial charge in [0.05, 0.1) is 23.7 Å². The van der Waals surface area contributed by atoms with Crippen molar-refractivity contribution in [1.29, 1.82) is 0 Å². The first-order chi connectivity index (χ1) is 13.3. The van der Waals surface area contributed by atoms with Gasteiger partial charge in [-0.3, -0.25) is 9.59 Å². The summed E-state index contributed by atoms with van der Waals surface area (Å²) >= 11 is 0. The number of alkyl halides is 3. The van der Waals surface area contributed by atoms with Gasteiger partial charge in [-0.05, 0) is 24.3 Å². The number of fused-ring (bicyclic) bond motifs is 3. The highest BCUT2D eigenvalue weighted by Crippen LogP contribution is 2.39. The largest absolute Gasteiger partial charge is 0.496 e. The number of para-hydroxylation sites is 3. The summed E-state index contributed by atoms with van der Waals surface area (Å²) in [4.78, 5) is 29.5. The van der Waals surface area contributed by atoms with Crippen molar-refractivity contribution in [2.45, 2.75) is 11.8 Å². The van der Waals surface area contributed by atoms with Gasteiger partial charge in [-0.25, -0.2) is 9.55 Å². The molecule has 1 amide bonds. The lowest BCUT2D eigenvalue weighted by Gasteiger charge is -2.30. The van der Waals surface area contributed by atoms with E-state index in [0.717, 1.165) is 4.57 Å². The molecule has 4 rings (SSSR count). The highest BCUT2D eigenvalue weighted by atomic mass is 19.4. The van der Waals surface area contributed by atoms with Crippen molar-refractivity contribution in [3.05, 3.63) is 54.1 Å². The quantitative estimate of drug-likeness (QED) is 0.719. The number of hydrogen-bond acceptors (Lipinski definition) is 5. The third-order valence-corrected chi connectivity index (χ3v) is 4.46. The van der Waals surface area contributed by atoms with E-state index in [4.69, 9.17) is 4.74 Å². The standard InChI is InChI=1S/C18H13F3N4O3/c1-28-13-9-5-2-6-10(13)14(26)23-17(18(19,20)21)15(27)25-12-8-4-3-7-11(12)22-16(25)24-17/h2-9H,1H3,(H,22,24)(H,23,26)/t17-/m0/s1. The van der Waals surface area contributed by atoms with E-state index in [1.807, 2.05) is 0 Å². The topological polar surface area (TPSA) is 85.2 Å². The number of amides is 1. The zero-order valence-electron chi connectivity index (χ0n) is 14.4. The lowest BCUT2D eigenvalue weighted by molar-refractivity contribution is -0.169. The molecule has 0 saturated carbocycles. The molecule has 1 aliphatic heterocycles. The van der Waals surface area contributed by atoms with Gasteiger partial charge in [0, 0.05) is 0 Å². The summed E-state index contributed by atoms with van der Waals surface area (Å²) in [6, 6.07) is 12.0. The first-order valence-corrected chi connectivity index (χ1v) is 8.11. The van der Waals surface area contributed by atoms with Crippen LogP contribution in [0.5, 0.6) is 5.75 Å². The summed E-state index contributed by atoms with van der Waals surface area (Å²) in [7, 11) is 1.28. The number of benzene rings is 2. The maximum atomic E-state index is 14.0. The van der Waals surface area contributed by atoms with Crippen LogP contribution in [0.2, 0.25) is 0 Å². The third-order valence-electron chi connectivity index (χ3n) is 4.46. The molecule has 2 N–H and O–H groups in total. The third kappa shape index (κ3) is 2.41. The van der Waals surface area contributed by atoms with Crippen LogP contribution in [0.1, 0.15) is 15.2 Å². The van der Waals surface area contributed by atoms with Gasteiger partial charge in [-0.2, -0.15) is 13.2 Å². The Labute approximate surface area is 156 Å². The summed E-state index contributed by atoms with van der Waals surface area (Å²) in [6.45, 7) is 0. The van der Waals surface area contributed by atoms with Crippen LogP contribution >= 0.6 is 0 Å². The zero-order chi connectivity index (χ0) is 20.1. The van der Waals surface area contributed by atoms with Crippen molar-refractivity contribution in [2.24, 2.45) is 0 Å². The Kier molecular flexibility index (Phi) is 3.81. The number of aromatic nitrogens is 2. The minimum absolute atomic E-state index is 0.0750. The Bertz CT molecular complexity index is 1110. The number of nitrogens with one attached hydrogen (secondary N) is 2. The second-order valence-electron chi connectivity index (χ2n) is 6.09. The highest BCUT2D eigenvalue weighted by molar-refractivity contribution is 6.08. The Balaban J connectivity index is 1.79. The summed E-state index contributed by atoms with van der Waals surface area (Å²) in [5.41, 5.74) is -2.94. The Hall–Kier alpha value is -3.56. The van der Waals surface area contributed by atoms with Crippen LogP contribution < -0.4 is 15.4 Å². The maximum Gasteiger partial charge on any atom is 0.440 e. The fourth-order valence-electron chi connectivity index (χ4n) is 3.12. The first-order valence-electron chi connectivity index (χ1n) is 8.11. The van der Waals surface area contributed by atoms with Gasteiger partial charge in [0.15, 0.2) is 0 Å². The van der Waals surface area contributed by atoms with Gasteiger partial charge in [-0.1, -0.05) is 24.3 Å². The molecule has 0 fully saturated rings. The molecule has 0 saturated heterocycles. The molecule has 0 unspecified atom stereocenters. The van der Waals surface area contributed by atoms with Gasteiger partial charge in [0.2, 0.25) is 5.95 Å². The van der Waals surface area contributed by atoms with Crippen LogP contribution in [0, 0.1) is 0 Å². The molecule has 2 aromatic carbocycles. The average molecular weight is 390 g/mol. The molecule has 7 nitrogen and oxygen atoms in total. The van der Waals surface area contributed by atoms with Crippen molar-refractivity contribution in [1.82, 2.24) is 14.9 Å². The monoisotopic (exact) mass is 390 g/mol. The van der Waals surface area contributed by atoms with E-state index in [2.05, 4.69) is 10.3 Å². The average Bonchev–Trinajstić information content (AvgIpc) is 3.16. The van der Waals surface area contributed by atoms with Gasteiger partial charge in [-0.15, -0.1) is 0 Å². The van der Waals surface area contributed by atoms with Crippen LogP contribution in [0.25, 0.3) is 11.0 Å². The smallest absolute Gasteiger partial charge is 0.440 e. The predicted octanol–water partition coefficient (Wildman–Crippen LogP) is 2.80. The zero-order valence-corrected chi connectivity index (χ0v) is 14.4. The summed E-state index contributed by atoms with van der Waals surface area (Å²) in [6.07, 6.45) is -5.14. The van der Waals surface area contributed by atoms with E-state index in [1.54, 1.807) is 29.6 Å². The van der Waals surface area contributed by atoms with Crippen molar-refractivity contribution in [3.8, 4) is 5.75 Å². The second-order valence-corrected chi connectivity index (χ2v) is 6.09. The van der Waals surface area contributed by atoms with Crippen LogP contribution in [0.15, 0.2) is 48.5 Å². The van der Waals surface area contributed by atoms with Gasteiger partial charge >= 0.3 is 6.18 Å². The van der Waals surface area contributed by atoms with Crippen LogP contribution in [-0.2, 0) is 0 Å². The molecule has 1 aliphatic rings. The summed E-state index contributed by atoms with van der Waals surface area (Å²) in [5, 5.41) is 3.88. The van der Waals surface area contributed by atoms with E-state index in [1.165, 1.54) is 31.4 Å². The predicted molar refractivity (Wildman–Crippen MR) is 93.2 cm³/mol. The number of rotatable bonds is 3. The molecule has 10 heteroatoms. The number of nitrogens with zero attached hydrogens (tertiary/aromatic N) is 2. The van der Waals surface area contributed by atoms with Crippen LogP contribution in [-0.4, -0.2) is 40.3 Å². The van der Waals surface area contributed by atoms with Crippen molar-refractivity contribution in [2.75, 3.05) is 12.4 Å². The van der Waals surface area contributed by atoms with E-state index < -0.39 is 23.7 Å².